The lowest BCUT2D eigenvalue weighted by atomic mass is 10.2. The average molecular weight is 367 g/mol. The Kier molecular flexibility index (Phi) is 4.80. The number of benzene rings is 2. The first-order valence-corrected chi connectivity index (χ1v) is 8.45. The Morgan fingerprint density at radius 1 is 1.09 bits per heavy atom. The van der Waals surface area contributed by atoms with Crippen molar-refractivity contribution >= 4 is 46.8 Å². The fourth-order valence-corrected chi connectivity index (χ4v) is 3.67. The first kappa shape index (κ1) is 16.2. The summed E-state index contributed by atoms with van der Waals surface area (Å²) in [5.41, 5.74) is 3.44. The zero-order valence-electron chi connectivity index (χ0n) is 11.8. The van der Waals surface area contributed by atoms with Crippen LogP contribution in [0.15, 0.2) is 53.4 Å². The molecule has 0 bridgehead atoms. The fourth-order valence-electron chi connectivity index (χ4n) is 2.21. The van der Waals surface area contributed by atoms with Gasteiger partial charge in [-0.15, -0.1) is 11.8 Å². The van der Waals surface area contributed by atoms with E-state index in [1.54, 1.807) is 36.4 Å². The van der Waals surface area contributed by atoms with Crippen LogP contribution < -0.4 is 5.43 Å². The van der Waals surface area contributed by atoms with Crippen LogP contribution in [0.1, 0.15) is 5.56 Å². The van der Waals surface area contributed by atoms with Gasteiger partial charge in [-0.25, -0.2) is 5.01 Å². The fraction of sp³-hybridized carbons (Fsp3) is 0.125. The van der Waals surface area contributed by atoms with Gasteiger partial charge in [0, 0.05) is 9.92 Å². The molecule has 1 aliphatic rings. The predicted octanol–water partition coefficient (Wildman–Crippen LogP) is 3.53. The summed E-state index contributed by atoms with van der Waals surface area (Å²) in [7, 11) is 0. The van der Waals surface area contributed by atoms with Crippen molar-refractivity contribution in [1.29, 1.82) is 0 Å². The highest BCUT2D eigenvalue weighted by Crippen LogP contribution is 2.32. The second-order valence-corrected chi connectivity index (χ2v) is 6.95. The van der Waals surface area contributed by atoms with Crippen molar-refractivity contribution in [1.82, 2.24) is 10.4 Å². The molecule has 118 valence electrons. The lowest BCUT2D eigenvalue weighted by Crippen LogP contribution is -2.35. The van der Waals surface area contributed by atoms with Crippen molar-refractivity contribution in [2.75, 3.05) is 0 Å². The second-order valence-electron chi connectivity index (χ2n) is 4.96. The number of carbonyl (C=O) groups excluding carboxylic acids is 2. The molecule has 0 saturated carbocycles. The summed E-state index contributed by atoms with van der Waals surface area (Å²) in [4.78, 5) is 25.3. The van der Waals surface area contributed by atoms with Crippen molar-refractivity contribution in [2.24, 2.45) is 0 Å². The summed E-state index contributed by atoms with van der Waals surface area (Å²) in [6, 6.07) is 14.3. The second kappa shape index (κ2) is 6.83. The van der Waals surface area contributed by atoms with E-state index in [1.165, 1.54) is 5.01 Å². The SMILES string of the molecule is O=C1NN(Cc2cccc(Cl)c2)C(=O)C1Sc1ccccc1Cl. The third kappa shape index (κ3) is 3.63. The van der Waals surface area contributed by atoms with E-state index in [1.807, 2.05) is 12.1 Å². The molecule has 1 N–H and O–H groups in total. The molecule has 7 heteroatoms. The zero-order chi connectivity index (χ0) is 16.4. The van der Waals surface area contributed by atoms with Gasteiger partial charge in [0.05, 0.1) is 11.6 Å². The number of amides is 2. The van der Waals surface area contributed by atoms with Crippen molar-refractivity contribution in [2.45, 2.75) is 16.7 Å². The summed E-state index contributed by atoms with van der Waals surface area (Å²) in [6.45, 7) is 0.269. The maximum Gasteiger partial charge on any atom is 0.264 e. The monoisotopic (exact) mass is 366 g/mol. The highest BCUT2D eigenvalue weighted by molar-refractivity contribution is 8.01. The molecular formula is C16H12Cl2N2O2S. The van der Waals surface area contributed by atoms with E-state index >= 15 is 0 Å². The molecule has 1 heterocycles. The Morgan fingerprint density at radius 2 is 1.87 bits per heavy atom. The number of hydrogen-bond donors (Lipinski definition) is 1. The van der Waals surface area contributed by atoms with Crippen LogP contribution in [0.3, 0.4) is 0 Å². The molecule has 1 saturated heterocycles. The molecule has 1 fully saturated rings. The van der Waals surface area contributed by atoms with E-state index < -0.39 is 5.25 Å². The Balaban J connectivity index is 1.74. The van der Waals surface area contributed by atoms with Gasteiger partial charge in [0.2, 0.25) is 0 Å². The summed E-state index contributed by atoms with van der Waals surface area (Å²) in [5, 5.41) is 1.57. The molecule has 0 spiro atoms. The Morgan fingerprint density at radius 3 is 2.61 bits per heavy atom. The van der Waals surface area contributed by atoms with Gasteiger partial charge in [0.25, 0.3) is 11.8 Å². The molecule has 2 amide bonds. The summed E-state index contributed by atoms with van der Waals surface area (Å²) >= 11 is 13.2. The molecular weight excluding hydrogens is 355 g/mol. The summed E-state index contributed by atoms with van der Waals surface area (Å²) in [6.07, 6.45) is 0. The van der Waals surface area contributed by atoms with E-state index in [9.17, 15) is 9.59 Å². The van der Waals surface area contributed by atoms with Crippen molar-refractivity contribution < 1.29 is 9.59 Å². The standard InChI is InChI=1S/C16H12Cl2N2O2S/c17-11-5-3-4-10(8-11)9-20-16(22)14(15(21)19-20)23-13-7-2-1-6-12(13)18/h1-8,14H,9H2,(H,19,21). The van der Waals surface area contributed by atoms with Gasteiger partial charge >= 0.3 is 0 Å². The Hall–Kier alpha value is -1.69. The molecule has 4 nitrogen and oxygen atoms in total. The van der Waals surface area contributed by atoms with Crippen LogP contribution >= 0.6 is 35.0 Å². The van der Waals surface area contributed by atoms with Gasteiger partial charge in [0.1, 0.15) is 0 Å². The van der Waals surface area contributed by atoms with Crippen LogP contribution in [0.2, 0.25) is 10.0 Å². The van der Waals surface area contributed by atoms with Crippen molar-refractivity contribution in [3.05, 3.63) is 64.1 Å². The minimum Gasteiger partial charge on any atom is -0.271 e. The van der Waals surface area contributed by atoms with Crippen LogP contribution in [0.25, 0.3) is 0 Å². The average Bonchev–Trinajstić information content (AvgIpc) is 2.77. The molecule has 1 unspecified atom stereocenters. The van der Waals surface area contributed by atoms with E-state index in [0.717, 1.165) is 17.3 Å². The number of rotatable bonds is 4. The molecule has 0 aliphatic carbocycles. The number of hydrazine groups is 1. The molecule has 0 aromatic heterocycles. The number of hydrogen-bond acceptors (Lipinski definition) is 3. The van der Waals surface area contributed by atoms with Gasteiger partial charge in [0.15, 0.2) is 5.25 Å². The Labute approximate surface area is 147 Å². The van der Waals surface area contributed by atoms with Crippen molar-refractivity contribution in [3.63, 3.8) is 0 Å². The molecule has 23 heavy (non-hydrogen) atoms. The highest BCUT2D eigenvalue weighted by atomic mass is 35.5. The Bertz CT molecular complexity index is 769. The van der Waals surface area contributed by atoms with Crippen LogP contribution in [0.4, 0.5) is 0 Å². The first-order valence-electron chi connectivity index (χ1n) is 6.82. The van der Waals surface area contributed by atoms with E-state index in [4.69, 9.17) is 23.2 Å². The quantitative estimate of drug-likeness (QED) is 0.842. The van der Waals surface area contributed by atoms with E-state index in [0.29, 0.717) is 14.9 Å². The lowest BCUT2D eigenvalue weighted by molar-refractivity contribution is -0.130. The zero-order valence-corrected chi connectivity index (χ0v) is 14.2. The summed E-state index contributed by atoms with van der Waals surface area (Å²) in [5.74, 6) is -0.637. The summed E-state index contributed by atoms with van der Waals surface area (Å²) < 4.78 is 0. The third-order valence-electron chi connectivity index (χ3n) is 3.28. The van der Waals surface area contributed by atoms with Crippen LogP contribution in [0, 0.1) is 0 Å². The maximum atomic E-state index is 12.5. The van der Waals surface area contributed by atoms with Crippen LogP contribution in [-0.2, 0) is 16.1 Å². The van der Waals surface area contributed by atoms with E-state index in [-0.39, 0.29) is 18.4 Å². The van der Waals surface area contributed by atoms with Gasteiger partial charge in [-0.2, -0.15) is 0 Å². The van der Waals surface area contributed by atoms with Gasteiger partial charge < -0.3 is 0 Å². The maximum absolute atomic E-state index is 12.5. The highest BCUT2D eigenvalue weighted by Gasteiger charge is 2.40. The number of halogens is 2. The van der Waals surface area contributed by atoms with E-state index in [2.05, 4.69) is 5.43 Å². The molecule has 2 aromatic carbocycles. The van der Waals surface area contributed by atoms with Gasteiger partial charge in [-0.05, 0) is 29.8 Å². The van der Waals surface area contributed by atoms with Crippen molar-refractivity contribution in [3.8, 4) is 0 Å². The molecule has 2 aromatic rings. The molecule has 0 radical (unpaired) electrons. The van der Waals surface area contributed by atoms with Gasteiger partial charge in [-0.3, -0.25) is 15.0 Å². The largest absolute Gasteiger partial charge is 0.271 e. The van der Waals surface area contributed by atoms with Crippen LogP contribution in [-0.4, -0.2) is 22.1 Å². The number of nitrogens with zero attached hydrogens (tertiary/aromatic N) is 1. The molecule has 3 rings (SSSR count). The molecule has 1 atom stereocenters. The minimum absolute atomic E-state index is 0.269. The minimum atomic E-state index is -0.839. The van der Waals surface area contributed by atoms with Crippen LogP contribution in [0.5, 0.6) is 0 Å². The number of thioether (sulfide) groups is 1. The number of nitrogens with one attached hydrogen (secondary N) is 1. The first-order chi connectivity index (χ1) is 11.0. The predicted molar refractivity (Wildman–Crippen MR) is 91.2 cm³/mol. The smallest absolute Gasteiger partial charge is 0.264 e. The lowest BCUT2D eigenvalue weighted by Gasteiger charge is -2.15. The normalized spacial score (nSPS) is 17.5. The molecule has 1 aliphatic heterocycles. The van der Waals surface area contributed by atoms with Gasteiger partial charge in [-0.1, -0.05) is 47.5 Å². The third-order valence-corrected chi connectivity index (χ3v) is 5.22. The number of carbonyl (C=O) groups is 2. The topological polar surface area (TPSA) is 49.4 Å².